The Morgan fingerprint density at radius 3 is 2.83 bits per heavy atom. The van der Waals surface area contributed by atoms with E-state index in [1.807, 2.05) is 24.6 Å². The maximum absolute atomic E-state index is 4.00. The van der Waals surface area contributed by atoms with Gasteiger partial charge in [-0.1, -0.05) is 6.08 Å². The Morgan fingerprint density at radius 1 is 1.58 bits per heavy atom. The Hall–Kier alpha value is -1.16. The van der Waals surface area contributed by atoms with Crippen molar-refractivity contribution in [2.45, 2.75) is 13.5 Å². The van der Waals surface area contributed by atoms with Gasteiger partial charge in [0.25, 0.3) is 0 Å². The molecule has 1 N–H and O–H groups in total. The fourth-order valence-corrected chi connectivity index (χ4v) is 0.891. The summed E-state index contributed by atoms with van der Waals surface area (Å²) < 4.78 is 1.97. The molecule has 0 radical (unpaired) electrons. The monoisotopic (exact) mass is 166 g/mol. The zero-order valence-electron chi connectivity index (χ0n) is 7.54. The minimum atomic E-state index is 0.739. The number of aromatic nitrogens is 3. The van der Waals surface area contributed by atoms with E-state index in [9.17, 15) is 0 Å². The Bertz CT molecular complexity index is 264. The molecule has 0 fully saturated rings. The number of nitrogens with one attached hydrogen (secondary N) is 1. The van der Waals surface area contributed by atoms with Crippen LogP contribution in [0.1, 0.15) is 11.6 Å². The molecule has 12 heavy (non-hydrogen) atoms. The fourth-order valence-electron chi connectivity index (χ4n) is 0.891. The third-order valence-electron chi connectivity index (χ3n) is 1.75. The maximum atomic E-state index is 4.00. The van der Waals surface area contributed by atoms with E-state index in [0.717, 1.165) is 24.7 Å². The third kappa shape index (κ3) is 1.92. The number of hydrogen-bond acceptors (Lipinski definition) is 3. The highest BCUT2D eigenvalue weighted by Crippen LogP contribution is 1.95. The van der Waals surface area contributed by atoms with Crippen molar-refractivity contribution < 1.29 is 0 Å². The molecule has 66 valence electrons. The molecule has 0 spiro atoms. The molecule has 0 aliphatic heterocycles. The van der Waals surface area contributed by atoms with Gasteiger partial charge in [-0.15, -0.1) is 16.8 Å². The van der Waals surface area contributed by atoms with Gasteiger partial charge in [-0.25, -0.2) is 0 Å². The number of aryl methyl sites for hydroxylation is 1. The lowest BCUT2D eigenvalue weighted by Crippen LogP contribution is -2.16. The molecular weight excluding hydrogens is 152 g/mol. The van der Waals surface area contributed by atoms with E-state index in [0.29, 0.717) is 0 Å². The summed E-state index contributed by atoms with van der Waals surface area (Å²) in [6.45, 7) is 7.09. The lowest BCUT2D eigenvalue weighted by molar-refractivity contribution is 0.673. The molecule has 0 aliphatic carbocycles. The second kappa shape index (κ2) is 4.01. The van der Waals surface area contributed by atoms with E-state index in [1.54, 1.807) is 0 Å². The fraction of sp³-hybridized carbons (Fsp3) is 0.500. The van der Waals surface area contributed by atoms with Crippen molar-refractivity contribution in [1.29, 1.82) is 0 Å². The van der Waals surface area contributed by atoms with Gasteiger partial charge in [0.05, 0.1) is 6.54 Å². The first-order chi connectivity index (χ1) is 5.75. The molecule has 1 aromatic rings. The predicted molar refractivity (Wildman–Crippen MR) is 47.6 cm³/mol. The van der Waals surface area contributed by atoms with E-state index in [1.165, 1.54) is 0 Å². The third-order valence-corrected chi connectivity index (χ3v) is 1.75. The van der Waals surface area contributed by atoms with Crippen LogP contribution in [0, 0.1) is 6.92 Å². The lowest BCUT2D eigenvalue weighted by atomic mass is 10.5. The summed E-state index contributed by atoms with van der Waals surface area (Å²) in [4.78, 5) is 0. The van der Waals surface area contributed by atoms with E-state index in [4.69, 9.17) is 0 Å². The molecule has 0 amide bonds. The summed E-state index contributed by atoms with van der Waals surface area (Å²) in [5.41, 5.74) is 0. The highest BCUT2D eigenvalue weighted by Gasteiger charge is 2.02. The van der Waals surface area contributed by atoms with Crippen LogP contribution >= 0.6 is 0 Å². The van der Waals surface area contributed by atoms with E-state index >= 15 is 0 Å². The molecule has 0 atom stereocenters. The average Bonchev–Trinajstić information content (AvgIpc) is 2.36. The zero-order chi connectivity index (χ0) is 8.97. The minimum Gasteiger partial charge on any atom is -0.317 e. The standard InChI is InChI=1S/C8H14N4/c1-4-5-9-6-8-11-10-7(2)12(8)3/h4,9H,1,5-6H2,2-3H3. The van der Waals surface area contributed by atoms with Crippen molar-refractivity contribution in [1.82, 2.24) is 20.1 Å². The highest BCUT2D eigenvalue weighted by atomic mass is 15.3. The van der Waals surface area contributed by atoms with Gasteiger partial charge in [0.2, 0.25) is 0 Å². The molecule has 0 aliphatic rings. The Balaban J connectivity index is 2.51. The molecular formula is C8H14N4. The number of hydrogen-bond donors (Lipinski definition) is 1. The van der Waals surface area contributed by atoms with Crippen LogP contribution in [-0.4, -0.2) is 21.3 Å². The van der Waals surface area contributed by atoms with Gasteiger partial charge >= 0.3 is 0 Å². The van der Waals surface area contributed by atoms with Crippen molar-refractivity contribution in [3.05, 3.63) is 24.3 Å². The van der Waals surface area contributed by atoms with E-state index in [-0.39, 0.29) is 0 Å². The van der Waals surface area contributed by atoms with Gasteiger partial charge < -0.3 is 9.88 Å². The van der Waals surface area contributed by atoms with Crippen LogP contribution in [0.3, 0.4) is 0 Å². The van der Waals surface area contributed by atoms with Crippen LogP contribution in [0.2, 0.25) is 0 Å². The summed E-state index contributed by atoms with van der Waals surface area (Å²) in [6, 6.07) is 0. The normalized spacial score (nSPS) is 10.2. The lowest BCUT2D eigenvalue weighted by Gasteiger charge is -2.01. The molecule has 0 unspecified atom stereocenters. The molecule has 4 nitrogen and oxygen atoms in total. The average molecular weight is 166 g/mol. The van der Waals surface area contributed by atoms with E-state index in [2.05, 4.69) is 22.1 Å². The smallest absolute Gasteiger partial charge is 0.146 e. The quantitative estimate of drug-likeness (QED) is 0.520. The number of rotatable bonds is 4. The topological polar surface area (TPSA) is 42.7 Å². The summed E-state index contributed by atoms with van der Waals surface area (Å²) in [5, 5.41) is 11.1. The summed E-state index contributed by atoms with van der Waals surface area (Å²) in [6.07, 6.45) is 1.82. The van der Waals surface area contributed by atoms with Crippen molar-refractivity contribution >= 4 is 0 Å². The molecule has 0 saturated carbocycles. The first-order valence-corrected chi connectivity index (χ1v) is 3.92. The molecule has 0 bridgehead atoms. The van der Waals surface area contributed by atoms with Crippen LogP contribution in [0.5, 0.6) is 0 Å². The van der Waals surface area contributed by atoms with Crippen molar-refractivity contribution in [3.63, 3.8) is 0 Å². The summed E-state index contributed by atoms with van der Waals surface area (Å²) >= 11 is 0. The van der Waals surface area contributed by atoms with Crippen LogP contribution < -0.4 is 5.32 Å². The Morgan fingerprint density at radius 2 is 2.33 bits per heavy atom. The SMILES string of the molecule is C=CCNCc1nnc(C)n1C. The molecule has 0 aromatic carbocycles. The summed E-state index contributed by atoms with van der Waals surface area (Å²) in [7, 11) is 1.96. The highest BCUT2D eigenvalue weighted by molar-refractivity contribution is 4.92. The second-order valence-corrected chi connectivity index (χ2v) is 2.64. The second-order valence-electron chi connectivity index (χ2n) is 2.64. The van der Waals surface area contributed by atoms with Crippen LogP contribution in [0.25, 0.3) is 0 Å². The maximum Gasteiger partial charge on any atom is 0.146 e. The Kier molecular flexibility index (Phi) is 2.99. The molecule has 1 aromatic heterocycles. The molecule has 4 heteroatoms. The van der Waals surface area contributed by atoms with Crippen molar-refractivity contribution in [2.75, 3.05) is 6.54 Å². The number of nitrogens with zero attached hydrogens (tertiary/aromatic N) is 3. The van der Waals surface area contributed by atoms with Gasteiger partial charge in [-0.2, -0.15) is 0 Å². The molecule has 1 rings (SSSR count). The van der Waals surface area contributed by atoms with Crippen molar-refractivity contribution in [2.24, 2.45) is 7.05 Å². The van der Waals surface area contributed by atoms with Crippen LogP contribution in [0.15, 0.2) is 12.7 Å². The van der Waals surface area contributed by atoms with Gasteiger partial charge in [0.15, 0.2) is 0 Å². The largest absolute Gasteiger partial charge is 0.317 e. The molecule has 1 heterocycles. The summed E-state index contributed by atoms with van der Waals surface area (Å²) in [5.74, 6) is 1.89. The predicted octanol–water partition coefficient (Wildman–Crippen LogP) is 0.399. The minimum absolute atomic E-state index is 0.739. The Labute approximate surface area is 72.3 Å². The molecule has 0 saturated heterocycles. The van der Waals surface area contributed by atoms with Gasteiger partial charge in [0.1, 0.15) is 11.6 Å². The van der Waals surface area contributed by atoms with Gasteiger partial charge in [-0.05, 0) is 6.92 Å². The van der Waals surface area contributed by atoms with Crippen LogP contribution in [0.4, 0.5) is 0 Å². The van der Waals surface area contributed by atoms with E-state index < -0.39 is 0 Å². The first kappa shape index (κ1) is 8.93. The van der Waals surface area contributed by atoms with Gasteiger partial charge in [0, 0.05) is 13.6 Å². The van der Waals surface area contributed by atoms with Crippen molar-refractivity contribution in [3.8, 4) is 0 Å². The zero-order valence-corrected chi connectivity index (χ0v) is 7.54. The van der Waals surface area contributed by atoms with Gasteiger partial charge in [-0.3, -0.25) is 0 Å². The first-order valence-electron chi connectivity index (χ1n) is 3.92. The van der Waals surface area contributed by atoms with Crippen LogP contribution in [-0.2, 0) is 13.6 Å².